The molecule has 1 saturated carbocycles. The molecule has 1 nitrogen and oxygen atoms in total. The van der Waals surface area contributed by atoms with Crippen molar-refractivity contribution in [1.29, 1.82) is 0 Å². The molecule has 1 aromatic carbocycles. The SMILES string of the molecule is CNC(c1ccc(C)c(F)c1F)C1CCC(C)C1. The van der Waals surface area contributed by atoms with Crippen LogP contribution in [0.1, 0.15) is 43.4 Å². The molecule has 0 aromatic heterocycles. The lowest BCUT2D eigenvalue weighted by Crippen LogP contribution is -2.25. The molecule has 1 N–H and O–H groups in total. The Bertz CT molecular complexity index is 431. The van der Waals surface area contributed by atoms with E-state index in [9.17, 15) is 8.78 Å². The van der Waals surface area contributed by atoms with Crippen LogP contribution < -0.4 is 5.32 Å². The molecular formula is C15H21F2N. The minimum Gasteiger partial charge on any atom is -0.313 e. The van der Waals surface area contributed by atoms with E-state index >= 15 is 0 Å². The fourth-order valence-electron chi connectivity index (χ4n) is 3.10. The van der Waals surface area contributed by atoms with Crippen LogP contribution in [-0.2, 0) is 0 Å². The molecule has 1 aromatic rings. The molecule has 18 heavy (non-hydrogen) atoms. The van der Waals surface area contributed by atoms with Crippen molar-refractivity contribution in [2.24, 2.45) is 11.8 Å². The van der Waals surface area contributed by atoms with Crippen molar-refractivity contribution < 1.29 is 8.78 Å². The Labute approximate surface area is 108 Å². The number of nitrogens with one attached hydrogen (secondary N) is 1. The van der Waals surface area contributed by atoms with Gasteiger partial charge in [0.15, 0.2) is 11.6 Å². The first kappa shape index (κ1) is 13.5. The van der Waals surface area contributed by atoms with Crippen LogP contribution in [0.3, 0.4) is 0 Å². The van der Waals surface area contributed by atoms with Crippen LogP contribution >= 0.6 is 0 Å². The molecule has 3 heteroatoms. The van der Waals surface area contributed by atoms with E-state index in [2.05, 4.69) is 12.2 Å². The highest BCUT2D eigenvalue weighted by molar-refractivity contribution is 5.28. The number of aryl methyl sites for hydroxylation is 1. The zero-order valence-electron chi connectivity index (χ0n) is 11.3. The van der Waals surface area contributed by atoms with Crippen LogP contribution in [0.5, 0.6) is 0 Å². The third-order valence-corrected chi connectivity index (χ3v) is 4.16. The topological polar surface area (TPSA) is 12.0 Å². The van der Waals surface area contributed by atoms with Crippen LogP contribution in [-0.4, -0.2) is 7.05 Å². The summed E-state index contributed by atoms with van der Waals surface area (Å²) >= 11 is 0. The minimum absolute atomic E-state index is 0.0787. The summed E-state index contributed by atoms with van der Waals surface area (Å²) in [5.41, 5.74) is 0.839. The molecule has 3 atom stereocenters. The van der Waals surface area contributed by atoms with Gasteiger partial charge in [0.2, 0.25) is 0 Å². The average Bonchev–Trinajstić information content (AvgIpc) is 2.77. The zero-order chi connectivity index (χ0) is 13.3. The normalized spacial score (nSPS) is 25.4. The van der Waals surface area contributed by atoms with Gasteiger partial charge in [0.05, 0.1) is 0 Å². The van der Waals surface area contributed by atoms with Crippen molar-refractivity contribution in [3.63, 3.8) is 0 Å². The van der Waals surface area contributed by atoms with Gasteiger partial charge in [0, 0.05) is 11.6 Å². The first-order valence-electron chi connectivity index (χ1n) is 6.66. The molecule has 0 spiro atoms. The molecule has 3 unspecified atom stereocenters. The molecule has 1 aliphatic rings. The van der Waals surface area contributed by atoms with Gasteiger partial charge < -0.3 is 5.32 Å². The summed E-state index contributed by atoms with van der Waals surface area (Å²) < 4.78 is 27.7. The van der Waals surface area contributed by atoms with Gasteiger partial charge in [-0.2, -0.15) is 0 Å². The van der Waals surface area contributed by atoms with Crippen molar-refractivity contribution in [2.45, 2.75) is 39.2 Å². The number of rotatable bonds is 3. The van der Waals surface area contributed by atoms with Crippen LogP contribution in [0.15, 0.2) is 12.1 Å². The monoisotopic (exact) mass is 253 g/mol. The number of benzene rings is 1. The first-order chi connectivity index (χ1) is 8.54. The molecule has 2 rings (SSSR count). The van der Waals surface area contributed by atoms with Crippen LogP contribution in [0.25, 0.3) is 0 Å². The summed E-state index contributed by atoms with van der Waals surface area (Å²) in [6, 6.07) is 3.30. The van der Waals surface area contributed by atoms with Crippen molar-refractivity contribution in [1.82, 2.24) is 5.32 Å². The second-order valence-corrected chi connectivity index (χ2v) is 5.54. The quantitative estimate of drug-likeness (QED) is 0.859. The highest BCUT2D eigenvalue weighted by Crippen LogP contribution is 2.39. The summed E-state index contributed by atoms with van der Waals surface area (Å²) in [6.07, 6.45) is 3.35. The first-order valence-corrected chi connectivity index (χ1v) is 6.66. The maximum absolute atomic E-state index is 14.0. The van der Waals surface area contributed by atoms with Gasteiger partial charge >= 0.3 is 0 Å². The van der Waals surface area contributed by atoms with Gasteiger partial charge in [-0.3, -0.25) is 0 Å². The highest BCUT2D eigenvalue weighted by Gasteiger charge is 2.31. The van der Waals surface area contributed by atoms with E-state index in [1.54, 1.807) is 19.1 Å². The van der Waals surface area contributed by atoms with E-state index < -0.39 is 11.6 Å². The van der Waals surface area contributed by atoms with Gasteiger partial charge in [-0.25, -0.2) is 8.78 Å². The van der Waals surface area contributed by atoms with E-state index in [0.29, 0.717) is 23.0 Å². The molecule has 0 bridgehead atoms. The smallest absolute Gasteiger partial charge is 0.163 e. The lowest BCUT2D eigenvalue weighted by atomic mass is 9.90. The summed E-state index contributed by atoms with van der Waals surface area (Å²) in [4.78, 5) is 0. The highest BCUT2D eigenvalue weighted by atomic mass is 19.2. The molecule has 100 valence electrons. The van der Waals surface area contributed by atoms with Crippen molar-refractivity contribution >= 4 is 0 Å². The Kier molecular flexibility index (Phi) is 4.00. The minimum atomic E-state index is -0.709. The fourth-order valence-corrected chi connectivity index (χ4v) is 3.10. The molecule has 1 fully saturated rings. The van der Waals surface area contributed by atoms with E-state index in [0.717, 1.165) is 12.8 Å². The fraction of sp³-hybridized carbons (Fsp3) is 0.600. The molecule has 0 heterocycles. The zero-order valence-corrected chi connectivity index (χ0v) is 11.3. The number of halogens is 2. The van der Waals surface area contributed by atoms with Gasteiger partial charge in [-0.15, -0.1) is 0 Å². The Morgan fingerprint density at radius 3 is 2.50 bits per heavy atom. The number of hydrogen-bond donors (Lipinski definition) is 1. The summed E-state index contributed by atoms with van der Waals surface area (Å²) in [5.74, 6) is -0.307. The molecular weight excluding hydrogens is 232 g/mol. The van der Waals surface area contributed by atoms with Gasteiger partial charge in [-0.1, -0.05) is 25.5 Å². The third-order valence-electron chi connectivity index (χ3n) is 4.16. The summed E-state index contributed by atoms with van der Waals surface area (Å²) in [6.45, 7) is 3.81. The second-order valence-electron chi connectivity index (χ2n) is 5.54. The predicted molar refractivity (Wildman–Crippen MR) is 69.4 cm³/mol. The lowest BCUT2D eigenvalue weighted by molar-refractivity contribution is 0.361. The average molecular weight is 253 g/mol. The van der Waals surface area contributed by atoms with Gasteiger partial charge in [0.1, 0.15) is 0 Å². The Morgan fingerprint density at radius 2 is 1.94 bits per heavy atom. The predicted octanol–water partition coefficient (Wildman–Crippen LogP) is 3.97. The Hall–Kier alpha value is -0.960. The Balaban J connectivity index is 2.30. The van der Waals surface area contributed by atoms with E-state index in [-0.39, 0.29) is 6.04 Å². The van der Waals surface area contributed by atoms with Crippen LogP contribution in [0.2, 0.25) is 0 Å². The second kappa shape index (κ2) is 5.35. The van der Waals surface area contributed by atoms with Gasteiger partial charge in [-0.05, 0) is 44.2 Å². The van der Waals surface area contributed by atoms with E-state index in [1.807, 2.05) is 7.05 Å². The van der Waals surface area contributed by atoms with Gasteiger partial charge in [0.25, 0.3) is 0 Å². The standard InChI is InChI=1S/C15H21F2N/c1-9-4-6-11(8-9)15(18-3)12-7-5-10(2)13(16)14(12)17/h5,7,9,11,15,18H,4,6,8H2,1-3H3. The molecule has 0 amide bonds. The molecule has 0 saturated heterocycles. The molecule has 0 aliphatic heterocycles. The molecule has 1 aliphatic carbocycles. The van der Waals surface area contributed by atoms with Crippen LogP contribution in [0.4, 0.5) is 8.78 Å². The molecule has 0 radical (unpaired) electrons. The Morgan fingerprint density at radius 1 is 1.22 bits per heavy atom. The largest absolute Gasteiger partial charge is 0.313 e. The number of hydrogen-bond acceptors (Lipinski definition) is 1. The maximum Gasteiger partial charge on any atom is 0.163 e. The van der Waals surface area contributed by atoms with E-state index in [1.165, 1.54) is 6.42 Å². The third kappa shape index (κ3) is 2.41. The van der Waals surface area contributed by atoms with Crippen molar-refractivity contribution in [3.8, 4) is 0 Å². The summed E-state index contributed by atoms with van der Waals surface area (Å²) in [7, 11) is 1.82. The van der Waals surface area contributed by atoms with Crippen molar-refractivity contribution in [3.05, 3.63) is 34.9 Å². The lowest BCUT2D eigenvalue weighted by Gasteiger charge is -2.24. The summed E-state index contributed by atoms with van der Waals surface area (Å²) in [5, 5.41) is 3.16. The van der Waals surface area contributed by atoms with E-state index in [4.69, 9.17) is 0 Å². The maximum atomic E-state index is 14.0. The van der Waals surface area contributed by atoms with Crippen LogP contribution in [0, 0.1) is 30.4 Å². The van der Waals surface area contributed by atoms with Crippen molar-refractivity contribution in [2.75, 3.05) is 7.05 Å².